The normalized spacial score (nSPS) is 26.7. The van der Waals surface area contributed by atoms with Gasteiger partial charge in [0.15, 0.2) is 5.03 Å². The molecule has 8 heteroatoms. The van der Waals surface area contributed by atoms with Crippen LogP contribution in [0.25, 0.3) is 0 Å². The first-order valence-electron chi connectivity index (χ1n) is 7.74. The number of aryl methyl sites for hydroxylation is 1. The van der Waals surface area contributed by atoms with E-state index in [2.05, 4.69) is 4.98 Å². The molecule has 1 atom stereocenters. The number of aromatic nitrogens is 2. The van der Waals surface area contributed by atoms with Gasteiger partial charge in [0.1, 0.15) is 0 Å². The molecule has 23 heavy (non-hydrogen) atoms. The van der Waals surface area contributed by atoms with E-state index < -0.39 is 15.4 Å². The fourth-order valence-electron chi connectivity index (χ4n) is 3.41. The van der Waals surface area contributed by atoms with E-state index in [4.69, 9.17) is 0 Å². The number of sulfonamides is 1. The Morgan fingerprint density at radius 1 is 1.26 bits per heavy atom. The van der Waals surface area contributed by atoms with Crippen molar-refractivity contribution in [3.8, 4) is 0 Å². The lowest BCUT2D eigenvalue weighted by Crippen LogP contribution is -2.53. The number of nitrogens with zero attached hydrogens (tertiary/aromatic N) is 4. The molecule has 0 aliphatic carbocycles. The lowest BCUT2D eigenvalue weighted by atomic mass is 9.77. The third-order valence-electron chi connectivity index (χ3n) is 4.68. The van der Waals surface area contributed by atoms with E-state index in [9.17, 15) is 13.2 Å². The first kappa shape index (κ1) is 16.2. The van der Waals surface area contributed by atoms with Crippen LogP contribution in [-0.2, 0) is 21.9 Å². The quantitative estimate of drug-likeness (QED) is 0.741. The number of allylic oxidation sites excluding steroid dienone is 1. The Morgan fingerprint density at radius 3 is 2.74 bits per heavy atom. The Labute approximate surface area is 136 Å². The summed E-state index contributed by atoms with van der Waals surface area (Å²) in [7, 11) is -0.159. The van der Waals surface area contributed by atoms with Crippen LogP contribution in [0.3, 0.4) is 0 Å². The molecule has 7 nitrogen and oxygen atoms in total. The summed E-state index contributed by atoms with van der Waals surface area (Å²) in [6, 6.07) is 0. The molecular formula is C15H22N4O3S. The zero-order valence-corrected chi connectivity index (χ0v) is 14.3. The van der Waals surface area contributed by atoms with Crippen LogP contribution < -0.4 is 0 Å². The number of likely N-dealkylation sites (N-methyl/N-ethyl adjacent to an activating group) is 1. The summed E-state index contributed by atoms with van der Waals surface area (Å²) >= 11 is 0. The smallest absolute Gasteiger partial charge is 0.262 e. The predicted molar refractivity (Wildman–Crippen MR) is 85.0 cm³/mol. The third-order valence-corrected chi connectivity index (χ3v) is 6.41. The molecule has 3 heterocycles. The van der Waals surface area contributed by atoms with Crippen molar-refractivity contribution in [2.75, 3.05) is 26.7 Å². The number of hydrogen-bond donors (Lipinski definition) is 0. The number of hydrogen-bond acceptors (Lipinski definition) is 4. The number of carbonyl (C=O) groups excluding carboxylic acids is 1. The van der Waals surface area contributed by atoms with Gasteiger partial charge in [-0.1, -0.05) is 12.2 Å². The van der Waals surface area contributed by atoms with Crippen LogP contribution in [0.5, 0.6) is 0 Å². The molecule has 1 fully saturated rings. The molecule has 0 unspecified atom stereocenters. The van der Waals surface area contributed by atoms with Crippen molar-refractivity contribution < 1.29 is 13.2 Å². The Morgan fingerprint density at radius 2 is 2.04 bits per heavy atom. The number of imidazole rings is 1. The molecule has 0 bridgehead atoms. The predicted octanol–water partition coefficient (Wildman–Crippen LogP) is 0.609. The van der Waals surface area contributed by atoms with Gasteiger partial charge in [0, 0.05) is 39.9 Å². The van der Waals surface area contributed by atoms with Crippen molar-refractivity contribution in [3.05, 3.63) is 24.7 Å². The van der Waals surface area contributed by atoms with Gasteiger partial charge in [-0.05, 0) is 19.3 Å². The number of rotatable bonds is 2. The van der Waals surface area contributed by atoms with Gasteiger partial charge in [0.05, 0.1) is 11.7 Å². The highest BCUT2D eigenvalue weighted by Gasteiger charge is 2.46. The van der Waals surface area contributed by atoms with E-state index >= 15 is 0 Å². The first-order chi connectivity index (χ1) is 10.8. The minimum Gasteiger partial charge on any atom is -0.342 e. The summed E-state index contributed by atoms with van der Waals surface area (Å²) in [6.07, 6.45) is 8.92. The summed E-state index contributed by atoms with van der Waals surface area (Å²) in [5, 5.41) is 0.0435. The van der Waals surface area contributed by atoms with Gasteiger partial charge in [-0.2, -0.15) is 4.31 Å². The maximum Gasteiger partial charge on any atom is 0.262 e. The molecule has 0 saturated carbocycles. The largest absolute Gasteiger partial charge is 0.342 e. The highest BCUT2D eigenvalue weighted by atomic mass is 32.2. The molecule has 0 N–H and O–H groups in total. The highest BCUT2D eigenvalue weighted by molar-refractivity contribution is 7.89. The van der Waals surface area contributed by atoms with Crippen LogP contribution in [0.1, 0.15) is 19.3 Å². The zero-order valence-electron chi connectivity index (χ0n) is 13.5. The second-order valence-electron chi connectivity index (χ2n) is 6.46. The van der Waals surface area contributed by atoms with Gasteiger partial charge in [-0.15, -0.1) is 0 Å². The van der Waals surface area contributed by atoms with Crippen molar-refractivity contribution in [2.45, 2.75) is 24.3 Å². The third kappa shape index (κ3) is 2.81. The molecule has 1 aromatic rings. The minimum absolute atomic E-state index is 0.0309. The van der Waals surface area contributed by atoms with Gasteiger partial charge in [-0.3, -0.25) is 4.79 Å². The lowest BCUT2D eigenvalue weighted by Gasteiger charge is -2.41. The number of amides is 1. The molecule has 1 amide bonds. The number of piperidine rings is 1. The minimum atomic E-state index is -3.66. The standard InChI is InChI=1S/C15H22N4O3S/c1-17-10-13(16-12-17)23(21,22)19-9-5-7-15(11-19)6-3-4-8-18(2)14(15)20/h3-4,10,12H,5-9,11H2,1-2H3/t15-/m0/s1. The zero-order chi connectivity index (χ0) is 16.7. The van der Waals surface area contributed by atoms with E-state index in [0.29, 0.717) is 25.9 Å². The molecule has 1 saturated heterocycles. The molecule has 1 aromatic heterocycles. The molecule has 2 aliphatic rings. The maximum atomic E-state index is 12.8. The molecule has 0 radical (unpaired) electrons. The summed E-state index contributed by atoms with van der Waals surface area (Å²) in [4.78, 5) is 18.4. The second kappa shape index (κ2) is 5.76. The van der Waals surface area contributed by atoms with Gasteiger partial charge < -0.3 is 9.47 Å². The fourth-order valence-corrected chi connectivity index (χ4v) is 4.94. The van der Waals surface area contributed by atoms with Crippen LogP contribution in [0.4, 0.5) is 0 Å². The van der Waals surface area contributed by atoms with Crippen molar-refractivity contribution >= 4 is 15.9 Å². The molecule has 2 aliphatic heterocycles. The lowest BCUT2D eigenvalue weighted by molar-refractivity contribution is -0.142. The monoisotopic (exact) mass is 338 g/mol. The second-order valence-corrected chi connectivity index (χ2v) is 8.35. The Balaban J connectivity index is 1.91. The van der Waals surface area contributed by atoms with Crippen molar-refractivity contribution in [2.24, 2.45) is 12.5 Å². The van der Waals surface area contributed by atoms with Gasteiger partial charge in [0.25, 0.3) is 10.0 Å². The van der Waals surface area contributed by atoms with E-state index in [0.717, 1.165) is 6.42 Å². The molecular weight excluding hydrogens is 316 g/mol. The van der Waals surface area contributed by atoms with Crippen LogP contribution >= 0.6 is 0 Å². The Hall–Kier alpha value is -1.67. The number of carbonyl (C=O) groups is 1. The molecule has 0 aromatic carbocycles. The SMILES string of the molecule is CN1CC=CC[C@@]2(CCCN(S(=O)(=O)c3cn(C)cn3)C2)C1=O. The molecule has 3 rings (SSSR count). The first-order valence-corrected chi connectivity index (χ1v) is 9.18. The van der Waals surface area contributed by atoms with E-state index in [1.54, 1.807) is 23.6 Å². The molecule has 126 valence electrons. The van der Waals surface area contributed by atoms with Crippen molar-refractivity contribution in [1.29, 1.82) is 0 Å². The van der Waals surface area contributed by atoms with Gasteiger partial charge in [-0.25, -0.2) is 13.4 Å². The average Bonchev–Trinajstić information content (AvgIpc) is 2.93. The van der Waals surface area contributed by atoms with Crippen molar-refractivity contribution in [1.82, 2.24) is 18.8 Å². The van der Waals surface area contributed by atoms with E-state index in [1.165, 1.54) is 16.8 Å². The van der Waals surface area contributed by atoms with Crippen LogP contribution in [-0.4, -0.2) is 59.8 Å². The summed E-state index contributed by atoms with van der Waals surface area (Å²) in [6.45, 7) is 1.23. The molecule has 1 spiro atoms. The Bertz CT molecular complexity index is 740. The van der Waals surface area contributed by atoms with Crippen LogP contribution in [0.2, 0.25) is 0 Å². The van der Waals surface area contributed by atoms with Gasteiger partial charge >= 0.3 is 0 Å². The fraction of sp³-hybridized carbons (Fsp3) is 0.600. The van der Waals surface area contributed by atoms with Crippen LogP contribution in [0, 0.1) is 5.41 Å². The average molecular weight is 338 g/mol. The van der Waals surface area contributed by atoms with E-state index in [-0.39, 0.29) is 17.5 Å². The maximum absolute atomic E-state index is 12.8. The summed E-state index contributed by atoms with van der Waals surface area (Å²) in [5.74, 6) is 0.0309. The topological polar surface area (TPSA) is 75.5 Å². The van der Waals surface area contributed by atoms with Crippen molar-refractivity contribution in [3.63, 3.8) is 0 Å². The van der Waals surface area contributed by atoms with Gasteiger partial charge in [0.2, 0.25) is 5.91 Å². The van der Waals surface area contributed by atoms with E-state index in [1.807, 2.05) is 12.2 Å². The van der Waals surface area contributed by atoms with Crippen LogP contribution in [0.15, 0.2) is 29.7 Å². The highest BCUT2D eigenvalue weighted by Crippen LogP contribution is 2.38. The summed E-state index contributed by atoms with van der Waals surface area (Å²) in [5.41, 5.74) is -0.651. The summed E-state index contributed by atoms with van der Waals surface area (Å²) < 4.78 is 28.6. The Kier molecular flexibility index (Phi) is 4.05.